The van der Waals surface area contributed by atoms with Crippen LogP contribution in [-0.2, 0) is 6.42 Å². The first-order chi connectivity index (χ1) is 7.11. The Balaban J connectivity index is 2.53. The van der Waals surface area contributed by atoms with Crippen LogP contribution in [0.25, 0.3) is 0 Å². The number of fused-ring (bicyclic) bond motifs is 1. The smallest absolute Gasteiger partial charge is 0.205 e. The molecule has 0 spiro atoms. The molecule has 0 saturated carbocycles. The lowest BCUT2D eigenvalue weighted by molar-refractivity contribution is 0.399. The number of nitriles is 1. The molecule has 0 fully saturated rings. The van der Waals surface area contributed by atoms with Gasteiger partial charge in [0, 0.05) is 17.0 Å². The Morgan fingerprint density at radius 3 is 2.80 bits per heavy atom. The van der Waals surface area contributed by atoms with Crippen LogP contribution in [0.2, 0.25) is 10.0 Å². The second-order valence-electron chi connectivity index (χ2n) is 3.11. The largest absolute Gasteiger partial charge is 0.439 e. The molecular weight excluding hydrogens is 235 g/mol. The summed E-state index contributed by atoms with van der Waals surface area (Å²) < 4.78 is 5.27. The van der Waals surface area contributed by atoms with Crippen molar-refractivity contribution >= 4 is 23.2 Å². The topological polar surface area (TPSA) is 59.0 Å². The molecule has 1 aromatic rings. The fourth-order valence-electron chi connectivity index (χ4n) is 1.40. The van der Waals surface area contributed by atoms with Crippen molar-refractivity contribution in [1.29, 1.82) is 5.26 Å². The van der Waals surface area contributed by atoms with Crippen molar-refractivity contribution in [1.82, 2.24) is 0 Å². The average molecular weight is 241 g/mol. The van der Waals surface area contributed by atoms with E-state index < -0.39 is 0 Å². The van der Waals surface area contributed by atoms with Crippen LogP contribution in [0.5, 0.6) is 5.75 Å². The Labute approximate surface area is 96.6 Å². The molecule has 0 amide bonds. The maximum Gasteiger partial charge on any atom is 0.205 e. The highest BCUT2D eigenvalue weighted by atomic mass is 35.5. The average Bonchev–Trinajstić information content (AvgIpc) is 2.18. The van der Waals surface area contributed by atoms with E-state index in [4.69, 9.17) is 38.9 Å². The van der Waals surface area contributed by atoms with Gasteiger partial charge in [-0.1, -0.05) is 23.2 Å². The van der Waals surface area contributed by atoms with Crippen molar-refractivity contribution in [3.63, 3.8) is 0 Å². The number of halogens is 2. The van der Waals surface area contributed by atoms with Gasteiger partial charge in [0.25, 0.3) is 0 Å². The molecule has 0 aromatic heterocycles. The van der Waals surface area contributed by atoms with Crippen molar-refractivity contribution in [3.05, 3.63) is 39.2 Å². The third-order valence-electron chi connectivity index (χ3n) is 2.10. The van der Waals surface area contributed by atoms with Gasteiger partial charge < -0.3 is 10.5 Å². The molecule has 2 rings (SSSR count). The van der Waals surface area contributed by atoms with Gasteiger partial charge in [0.1, 0.15) is 6.07 Å². The summed E-state index contributed by atoms with van der Waals surface area (Å²) in [5, 5.41) is 9.71. The summed E-state index contributed by atoms with van der Waals surface area (Å²) in [6, 6.07) is 5.27. The minimum absolute atomic E-state index is 0.106. The number of rotatable bonds is 0. The first-order valence-corrected chi connectivity index (χ1v) is 4.92. The molecule has 0 atom stereocenters. The lowest BCUT2D eigenvalue weighted by Crippen LogP contribution is -2.16. The zero-order valence-corrected chi connectivity index (χ0v) is 9.06. The molecule has 76 valence electrons. The lowest BCUT2D eigenvalue weighted by Gasteiger charge is -2.18. The number of hydrogen-bond acceptors (Lipinski definition) is 3. The van der Waals surface area contributed by atoms with Crippen molar-refractivity contribution in [3.8, 4) is 11.8 Å². The molecule has 1 aliphatic rings. The fourth-order valence-corrected chi connectivity index (χ4v) is 1.98. The number of nitrogens with zero attached hydrogens (tertiary/aromatic N) is 1. The summed E-state index contributed by atoms with van der Waals surface area (Å²) in [7, 11) is 0. The predicted molar refractivity (Wildman–Crippen MR) is 57.6 cm³/mol. The second kappa shape index (κ2) is 3.65. The van der Waals surface area contributed by atoms with Crippen LogP contribution in [0.1, 0.15) is 5.56 Å². The van der Waals surface area contributed by atoms with E-state index in [0.29, 0.717) is 27.8 Å². The predicted octanol–water partition coefficient (Wildman–Crippen LogP) is 2.62. The molecule has 1 aromatic carbocycles. The molecule has 0 radical (unpaired) electrons. The SMILES string of the molecule is N#CC1=C(N)Oc2c(Cl)cc(Cl)cc2C1. The van der Waals surface area contributed by atoms with E-state index in [0.717, 1.165) is 5.56 Å². The Hall–Kier alpha value is -1.37. The van der Waals surface area contributed by atoms with Crippen LogP contribution < -0.4 is 10.5 Å². The molecule has 0 bridgehead atoms. The zero-order chi connectivity index (χ0) is 11.0. The molecule has 3 nitrogen and oxygen atoms in total. The highest BCUT2D eigenvalue weighted by Crippen LogP contribution is 2.37. The fraction of sp³-hybridized carbons (Fsp3) is 0.100. The van der Waals surface area contributed by atoms with Gasteiger partial charge in [0.05, 0.1) is 10.6 Å². The first-order valence-electron chi connectivity index (χ1n) is 4.16. The van der Waals surface area contributed by atoms with Crippen LogP contribution in [0.3, 0.4) is 0 Å². The number of benzene rings is 1. The molecular formula is C10H6Cl2N2O. The number of nitrogens with two attached hydrogens (primary N) is 1. The third kappa shape index (κ3) is 1.74. The Bertz CT molecular complexity index is 503. The van der Waals surface area contributed by atoms with Gasteiger partial charge in [-0.3, -0.25) is 0 Å². The van der Waals surface area contributed by atoms with Gasteiger partial charge in [-0.15, -0.1) is 0 Å². The Morgan fingerprint density at radius 2 is 2.13 bits per heavy atom. The standard InChI is InChI=1S/C10H6Cl2N2O/c11-7-2-5-1-6(4-13)10(14)15-9(5)8(12)3-7/h2-3H,1,14H2. The molecule has 1 aliphatic heterocycles. The zero-order valence-electron chi connectivity index (χ0n) is 7.55. The van der Waals surface area contributed by atoms with Gasteiger partial charge in [-0.25, -0.2) is 0 Å². The van der Waals surface area contributed by atoms with Gasteiger partial charge in [-0.05, 0) is 12.1 Å². The highest BCUT2D eigenvalue weighted by Gasteiger charge is 2.20. The van der Waals surface area contributed by atoms with Gasteiger partial charge in [0.2, 0.25) is 5.88 Å². The van der Waals surface area contributed by atoms with Crippen LogP contribution in [-0.4, -0.2) is 0 Å². The molecule has 1 heterocycles. The maximum atomic E-state index is 8.79. The van der Waals surface area contributed by atoms with E-state index in [1.54, 1.807) is 12.1 Å². The van der Waals surface area contributed by atoms with Crippen LogP contribution in [0, 0.1) is 11.3 Å². The van der Waals surface area contributed by atoms with Crippen LogP contribution in [0.4, 0.5) is 0 Å². The van der Waals surface area contributed by atoms with Crippen LogP contribution >= 0.6 is 23.2 Å². The molecule has 0 saturated heterocycles. The van der Waals surface area contributed by atoms with E-state index in [9.17, 15) is 0 Å². The number of hydrogen-bond donors (Lipinski definition) is 1. The minimum atomic E-state index is 0.106. The van der Waals surface area contributed by atoms with E-state index in [-0.39, 0.29) is 5.88 Å². The summed E-state index contributed by atoms with van der Waals surface area (Å²) >= 11 is 11.8. The Morgan fingerprint density at radius 1 is 1.40 bits per heavy atom. The monoisotopic (exact) mass is 240 g/mol. The second-order valence-corrected chi connectivity index (χ2v) is 3.95. The maximum absolute atomic E-state index is 8.79. The van der Waals surface area contributed by atoms with Crippen molar-refractivity contribution < 1.29 is 4.74 Å². The van der Waals surface area contributed by atoms with Gasteiger partial charge >= 0.3 is 0 Å². The van der Waals surface area contributed by atoms with Gasteiger partial charge in [0.15, 0.2) is 5.75 Å². The van der Waals surface area contributed by atoms with Crippen molar-refractivity contribution in [2.45, 2.75) is 6.42 Å². The molecule has 5 heteroatoms. The number of ether oxygens (including phenoxy) is 1. The molecule has 2 N–H and O–H groups in total. The summed E-state index contributed by atoms with van der Waals surface area (Å²) in [6.45, 7) is 0. The van der Waals surface area contributed by atoms with E-state index in [1.807, 2.05) is 6.07 Å². The Kier molecular flexibility index (Phi) is 2.47. The van der Waals surface area contributed by atoms with Gasteiger partial charge in [-0.2, -0.15) is 5.26 Å². The van der Waals surface area contributed by atoms with Crippen molar-refractivity contribution in [2.24, 2.45) is 5.73 Å². The molecule has 15 heavy (non-hydrogen) atoms. The van der Waals surface area contributed by atoms with Crippen molar-refractivity contribution in [2.75, 3.05) is 0 Å². The third-order valence-corrected chi connectivity index (χ3v) is 2.60. The summed E-state index contributed by atoms with van der Waals surface area (Å²) in [4.78, 5) is 0. The molecule has 0 unspecified atom stereocenters. The normalized spacial score (nSPS) is 14.2. The van der Waals surface area contributed by atoms with E-state index in [2.05, 4.69) is 0 Å². The summed E-state index contributed by atoms with van der Waals surface area (Å²) in [5.41, 5.74) is 6.72. The summed E-state index contributed by atoms with van der Waals surface area (Å²) in [5.74, 6) is 0.590. The van der Waals surface area contributed by atoms with E-state index in [1.165, 1.54) is 0 Å². The van der Waals surface area contributed by atoms with E-state index >= 15 is 0 Å². The first kappa shape index (κ1) is 10.2. The highest BCUT2D eigenvalue weighted by molar-refractivity contribution is 6.35. The minimum Gasteiger partial charge on any atom is -0.439 e. The summed E-state index contributed by atoms with van der Waals surface area (Å²) in [6.07, 6.45) is 0.401. The lowest BCUT2D eigenvalue weighted by atomic mass is 10.0. The quantitative estimate of drug-likeness (QED) is 0.759. The molecule has 0 aliphatic carbocycles. The van der Waals surface area contributed by atoms with Crippen LogP contribution in [0.15, 0.2) is 23.6 Å². The number of allylic oxidation sites excluding steroid dienone is 1.